The summed E-state index contributed by atoms with van der Waals surface area (Å²) >= 11 is 0. The van der Waals surface area contributed by atoms with Crippen molar-refractivity contribution < 1.29 is 74.1 Å². The first-order valence-electron chi connectivity index (χ1n) is 8.95. The van der Waals surface area contributed by atoms with Crippen LogP contribution in [0.3, 0.4) is 0 Å². The first kappa shape index (κ1) is 25.8. The zero-order valence-electron chi connectivity index (χ0n) is 17.0. The molecule has 9 heteroatoms. The number of hydrogen-bond donors (Lipinski definition) is 1. The normalized spacial score (nSPS) is 10.5. The molecule has 1 heterocycles. The van der Waals surface area contributed by atoms with Crippen molar-refractivity contribution >= 4 is 22.4 Å². The van der Waals surface area contributed by atoms with Crippen LogP contribution in [0.1, 0.15) is 15.9 Å². The van der Waals surface area contributed by atoms with E-state index in [9.17, 15) is 18.0 Å². The molecule has 1 aromatic heterocycles. The summed E-state index contributed by atoms with van der Waals surface area (Å²) in [4.78, 5) is 14.8. The molecule has 1 amide bonds. The van der Waals surface area contributed by atoms with Gasteiger partial charge in [-0.3, -0.25) is 0 Å². The van der Waals surface area contributed by atoms with E-state index in [1.807, 2.05) is 0 Å². The Kier molecular flexibility index (Phi) is 9.23. The zero-order chi connectivity index (χ0) is 22.4. The monoisotopic (exact) mass is 462 g/mol. The molecule has 0 aliphatic rings. The molecule has 0 saturated carbocycles. The molecule has 158 valence electrons. The van der Waals surface area contributed by atoms with Gasteiger partial charge in [0.05, 0.1) is 11.5 Å². The van der Waals surface area contributed by atoms with Gasteiger partial charge in [0.2, 0.25) is 0 Å². The number of halogens is 3. The number of ether oxygens (including phenoxy) is 1. The van der Waals surface area contributed by atoms with E-state index < -0.39 is 17.6 Å². The molecule has 5 nitrogen and oxygen atoms in total. The Morgan fingerprint density at radius 2 is 1.75 bits per heavy atom. The minimum absolute atomic E-state index is 0. The molecular weight excluding hydrogens is 446 g/mol. The average Bonchev–Trinajstić information content (AvgIpc) is 2.74. The predicted octanol–water partition coefficient (Wildman–Crippen LogP) is 3.31. The van der Waals surface area contributed by atoms with Crippen LogP contribution in [0.25, 0.3) is 16.5 Å². The van der Waals surface area contributed by atoms with E-state index in [-0.39, 0.29) is 62.7 Å². The summed E-state index contributed by atoms with van der Waals surface area (Å²) in [6.07, 6.45) is -0.200. The molecule has 3 aromatic carbocycles. The molecule has 0 spiro atoms. The number of carbonyl (C=O) groups excluding carboxylic acids is 1. The van der Waals surface area contributed by atoms with Crippen molar-refractivity contribution in [3.05, 3.63) is 102 Å². The van der Waals surface area contributed by atoms with Crippen molar-refractivity contribution in [3.8, 4) is 11.5 Å². The number of anilines is 1. The fraction of sp³-hybridized carbons (Fsp3) is 0.0435. The van der Waals surface area contributed by atoms with Gasteiger partial charge in [0, 0.05) is 5.39 Å². The van der Waals surface area contributed by atoms with Crippen molar-refractivity contribution in [1.29, 1.82) is 0 Å². The second-order valence-electron chi connectivity index (χ2n) is 6.36. The SMILES string of the molecule is Nc1c[c-]ncc1.[K+].[NH-]C(=O)c1ccc2c(Oc3ccc(C(F)(F)F)cc3)cccc2c1. The molecule has 0 radical (unpaired) electrons. The number of nitrogens with one attached hydrogen (secondary N) is 1. The van der Waals surface area contributed by atoms with Crippen LogP contribution in [0.2, 0.25) is 0 Å². The van der Waals surface area contributed by atoms with Gasteiger partial charge in [0.25, 0.3) is 0 Å². The summed E-state index contributed by atoms with van der Waals surface area (Å²) in [6.45, 7) is 0. The largest absolute Gasteiger partial charge is 1.00 e. The molecular formula is C23H16F3KN3O2-. The number of carbonyl (C=O) groups is 1. The fourth-order valence-corrected chi connectivity index (χ4v) is 2.65. The Bertz CT molecular complexity index is 1180. The molecule has 0 unspecified atom stereocenters. The van der Waals surface area contributed by atoms with E-state index in [1.54, 1.807) is 48.7 Å². The molecule has 0 bridgehead atoms. The predicted molar refractivity (Wildman–Crippen MR) is 112 cm³/mol. The molecule has 0 atom stereocenters. The molecule has 0 aliphatic carbocycles. The Hall–Kier alpha value is -2.43. The van der Waals surface area contributed by atoms with Gasteiger partial charge in [-0.05, 0) is 53.4 Å². The Labute approximate surface area is 225 Å². The maximum atomic E-state index is 12.6. The van der Waals surface area contributed by atoms with Crippen LogP contribution >= 0.6 is 0 Å². The Morgan fingerprint density at radius 1 is 1.03 bits per heavy atom. The van der Waals surface area contributed by atoms with Gasteiger partial charge in [-0.25, -0.2) is 0 Å². The van der Waals surface area contributed by atoms with E-state index in [0.717, 1.165) is 12.1 Å². The number of rotatable bonds is 3. The summed E-state index contributed by atoms with van der Waals surface area (Å²) in [5, 5.41) is 1.40. The number of nitrogens with two attached hydrogens (primary N) is 1. The number of fused-ring (bicyclic) bond motifs is 1. The second kappa shape index (κ2) is 11.4. The topological polar surface area (TPSA) is 89.0 Å². The van der Waals surface area contributed by atoms with Gasteiger partial charge < -0.3 is 26.0 Å². The summed E-state index contributed by atoms with van der Waals surface area (Å²) in [5.41, 5.74) is 12.6. The molecule has 3 N–H and O–H groups in total. The summed E-state index contributed by atoms with van der Waals surface area (Å²) in [7, 11) is 0. The summed E-state index contributed by atoms with van der Waals surface area (Å²) in [5.74, 6) is -0.0571. The number of benzene rings is 3. The van der Waals surface area contributed by atoms with Crippen LogP contribution in [0, 0.1) is 6.20 Å². The van der Waals surface area contributed by atoms with Gasteiger partial charge in [0.1, 0.15) is 11.5 Å². The van der Waals surface area contributed by atoms with Crippen molar-refractivity contribution in [2.45, 2.75) is 6.18 Å². The van der Waals surface area contributed by atoms with Crippen molar-refractivity contribution in [1.82, 2.24) is 4.98 Å². The Morgan fingerprint density at radius 3 is 2.28 bits per heavy atom. The number of hydrogen-bond acceptors (Lipinski definition) is 4. The van der Waals surface area contributed by atoms with Crippen molar-refractivity contribution in [3.63, 3.8) is 0 Å². The van der Waals surface area contributed by atoms with E-state index >= 15 is 0 Å². The van der Waals surface area contributed by atoms with Gasteiger partial charge in [-0.15, -0.1) is 12.1 Å². The zero-order valence-corrected chi connectivity index (χ0v) is 20.1. The van der Waals surface area contributed by atoms with Crippen LogP contribution in [0.4, 0.5) is 18.9 Å². The average molecular weight is 462 g/mol. The minimum atomic E-state index is -4.39. The van der Waals surface area contributed by atoms with Gasteiger partial charge in [-0.1, -0.05) is 36.3 Å². The number of pyridine rings is 1. The number of nitrogen functional groups attached to an aromatic ring is 1. The molecule has 4 rings (SSSR count). The summed E-state index contributed by atoms with van der Waals surface area (Å²) in [6, 6.07) is 17.7. The quantitative estimate of drug-likeness (QED) is 0.374. The van der Waals surface area contributed by atoms with Crippen LogP contribution in [0.15, 0.2) is 79.0 Å². The van der Waals surface area contributed by atoms with E-state index in [0.29, 0.717) is 22.2 Å². The van der Waals surface area contributed by atoms with Crippen molar-refractivity contribution in [2.24, 2.45) is 0 Å². The standard InChI is InChI=1S/C18H12F3NO2.C5H5N2.K/c19-18(20,21)13-5-7-14(8-6-13)24-16-3-1-2-11-10-12(17(22)23)4-9-15(11)16;6-5-1-3-7-4-2-5;/h1-10H,(H2,22,23);1-3H,(H2,6,7);/q;-1;+1/p-1. The molecule has 32 heavy (non-hydrogen) atoms. The smallest absolute Gasteiger partial charge is 0.664 e. The van der Waals surface area contributed by atoms with Crippen LogP contribution < -0.4 is 61.9 Å². The van der Waals surface area contributed by atoms with E-state index in [4.69, 9.17) is 16.2 Å². The first-order chi connectivity index (χ1) is 14.7. The molecule has 0 fully saturated rings. The minimum Gasteiger partial charge on any atom is -0.664 e. The maximum absolute atomic E-state index is 12.6. The second-order valence-corrected chi connectivity index (χ2v) is 6.36. The van der Waals surface area contributed by atoms with E-state index in [1.165, 1.54) is 18.2 Å². The van der Waals surface area contributed by atoms with Gasteiger partial charge >= 0.3 is 57.6 Å². The van der Waals surface area contributed by atoms with Crippen LogP contribution in [0.5, 0.6) is 11.5 Å². The van der Waals surface area contributed by atoms with Gasteiger partial charge in [0.15, 0.2) is 0 Å². The van der Waals surface area contributed by atoms with Gasteiger partial charge in [-0.2, -0.15) is 13.2 Å². The maximum Gasteiger partial charge on any atom is 1.00 e. The summed E-state index contributed by atoms with van der Waals surface area (Å²) < 4.78 is 43.4. The van der Waals surface area contributed by atoms with E-state index in [2.05, 4.69) is 11.2 Å². The fourth-order valence-electron chi connectivity index (χ4n) is 2.65. The molecule has 4 aromatic rings. The third kappa shape index (κ3) is 7.04. The first-order valence-corrected chi connectivity index (χ1v) is 8.95. The van der Waals surface area contributed by atoms with Crippen LogP contribution in [-0.2, 0) is 6.18 Å². The third-order valence-corrected chi connectivity index (χ3v) is 4.16. The Balaban J connectivity index is 0.000000388. The number of alkyl halides is 3. The molecule has 0 aliphatic heterocycles. The number of nitrogens with zero attached hydrogens (tertiary/aromatic N) is 1. The van der Waals surface area contributed by atoms with Crippen molar-refractivity contribution in [2.75, 3.05) is 5.73 Å². The number of aromatic nitrogens is 1. The third-order valence-electron chi connectivity index (χ3n) is 4.16. The number of amides is 1. The molecule has 0 saturated heterocycles. The van der Waals surface area contributed by atoms with Crippen LogP contribution in [-0.4, -0.2) is 10.9 Å².